The van der Waals surface area contributed by atoms with E-state index in [4.69, 9.17) is 14.8 Å². The Labute approximate surface area is 104 Å². The van der Waals surface area contributed by atoms with Crippen molar-refractivity contribution in [1.82, 2.24) is 4.90 Å². The second-order valence-corrected chi connectivity index (χ2v) is 6.73. The van der Waals surface area contributed by atoms with E-state index < -0.39 is 7.60 Å². The third kappa shape index (κ3) is 5.49. The van der Waals surface area contributed by atoms with Crippen LogP contribution in [0.2, 0.25) is 0 Å². The van der Waals surface area contributed by atoms with Crippen molar-refractivity contribution in [2.24, 2.45) is 5.73 Å². The first-order chi connectivity index (χ1) is 8.09. The van der Waals surface area contributed by atoms with Crippen LogP contribution in [0.1, 0.15) is 26.7 Å². The second kappa shape index (κ2) is 7.49. The number of hydrogen-bond donors (Lipinski definition) is 1. The lowest BCUT2D eigenvalue weighted by atomic mass is 10.1. The van der Waals surface area contributed by atoms with E-state index in [1.807, 2.05) is 13.8 Å². The topological polar surface area (TPSA) is 64.8 Å². The SMILES string of the molecule is CCOP(=O)(CC)OCCN1CCC(N)CC1. The Bertz CT molecular complexity index is 255. The van der Waals surface area contributed by atoms with E-state index in [1.165, 1.54) is 0 Å². The molecule has 102 valence electrons. The van der Waals surface area contributed by atoms with Crippen molar-refractivity contribution in [3.8, 4) is 0 Å². The van der Waals surface area contributed by atoms with Gasteiger partial charge in [0.1, 0.15) is 0 Å². The largest absolute Gasteiger partial charge is 0.330 e. The van der Waals surface area contributed by atoms with Gasteiger partial charge in [-0.3, -0.25) is 4.57 Å². The molecule has 1 rings (SSSR count). The molecule has 0 bridgehead atoms. The molecular formula is C11H25N2O3P. The fraction of sp³-hybridized carbons (Fsp3) is 1.00. The first-order valence-corrected chi connectivity index (χ1v) is 8.18. The van der Waals surface area contributed by atoms with Crippen LogP contribution in [0.3, 0.4) is 0 Å². The van der Waals surface area contributed by atoms with Crippen molar-refractivity contribution in [3.05, 3.63) is 0 Å². The summed E-state index contributed by atoms with van der Waals surface area (Å²) in [6.45, 7) is 7.40. The zero-order valence-electron chi connectivity index (χ0n) is 10.9. The van der Waals surface area contributed by atoms with E-state index in [-0.39, 0.29) is 0 Å². The van der Waals surface area contributed by atoms with Crippen molar-refractivity contribution >= 4 is 7.60 Å². The van der Waals surface area contributed by atoms with Gasteiger partial charge in [0.05, 0.1) is 13.2 Å². The fourth-order valence-corrected chi connectivity index (χ4v) is 3.09. The Balaban J connectivity index is 2.20. The lowest BCUT2D eigenvalue weighted by Gasteiger charge is -2.30. The minimum atomic E-state index is -2.83. The molecule has 0 amide bonds. The molecule has 1 atom stereocenters. The summed E-state index contributed by atoms with van der Waals surface area (Å²) in [4.78, 5) is 2.30. The van der Waals surface area contributed by atoms with Crippen molar-refractivity contribution in [2.45, 2.75) is 32.7 Å². The Morgan fingerprint density at radius 3 is 2.47 bits per heavy atom. The van der Waals surface area contributed by atoms with Crippen molar-refractivity contribution in [3.63, 3.8) is 0 Å². The van der Waals surface area contributed by atoms with Gasteiger partial charge in [0.2, 0.25) is 0 Å². The number of likely N-dealkylation sites (tertiary alicyclic amines) is 1. The molecule has 0 aromatic rings. The molecular weight excluding hydrogens is 239 g/mol. The highest BCUT2D eigenvalue weighted by molar-refractivity contribution is 7.53. The van der Waals surface area contributed by atoms with Gasteiger partial charge >= 0.3 is 7.60 Å². The molecule has 0 aliphatic carbocycles. The summed E-state index contributed by atoms with van der Waals surface area (Å²) in [6.07, 6.45) is 2.51. The Morgan fingerprint density at radius 1 is 1.29 bits per heavy atom. The van der Waals surface area contributed by atoms with Gasteiger partial charge in [0.25, 0.3) is 0 Å². The summed E-state index contributed by atoms with van der Waals surface area (Å²) in [5.41, 5.74) is 5.83. The normalized spacial score (nSPS) is 22.5. The molecule has 0 saturated carbocycles. The summed E-state index contributed by atoms with van der Waals surface area (Å²) in [5.74, 6) is 0. The second-order valence-electron chi connectivity index (χ2n) is 4.36. The minimum Gasteiger partial charge on any atom is -0.328 e. The van der Waals surface area contributed by atoms with Crippen LogP contribution >= 0.6 is 7.60 Å². The summed E-state index contributed by atoms with van der Waals surface area (Å²) in [7, 11) is -2.83. The Hall–Kier alpha value is 0.0700. The first-order valence-electron chi connectivity index (χ1n) is 6.45. The summed E-state index contributed by atoms with van der Waals surface area (Å²) >= 11 is 0. The summed E-state index contributed by atoms with van der Waals surface area (Å²) in [6, 6.07) is 0.345. The molecule has 0 spiro atoms. The molecule has 1 unspecified atom stereocenters. The number of nitrogens with two attached hydrogens (primary N) is 1. The lowest BCUT2D eigenvalue weighted by molar-refractivity contribution is 0.154. The quantitative estimate of drug-likeness (QED) is 0.709. The fourth-order valence-electron chi connectivity index (χ4n) is 1.90. The van der Waals surface area contributed by atoms with Crippen LogP contribution in [-0.2, 0) is 13.6 Å². The van der Waals surface area contributed by atoms with Crippen LogP contribution < -0.4 is 5.73 Å². The van der Waals surface area contributed by atoms with E-state index in [2.05, 4.69) is 4.90 Å². The van der Waals surface area contributed by atoms with E-state index in [0.29, 0.717) is 25.4 Å². The van der Waals surface area contributed by atoms with Gasteiger partial charge < -0.3 is 19.7 Å². The smallest absolute Gasteiger partial charge is 0.328 e. The van der Waals surface area contributed by atoms with Crippen molar-refractivity contribution in [1.29, 1.82) is 0 Å². The number of rotatable bonds is 7. The predicted molar refractivity (Wildman–Crippen MR) is 69.4 cm³/mol. The van der Waals surface area contributed by atoms with Crippen LogP contribution in [0.4, 0.5) is 0 Å². The third-order valence-corrected chi connectivity index (χ3v) is 5.04. The predicted octanol–water partition coefficient (Wildman–Crippen LogP) is 1.68. The average Bonchev–Trinajstić information content (AvgIpc) is 2.32. The van der Waals surface area contributed by atoms with Crippen LogP contribution in [0.25, 0.3) is 0 Å². The van der Waals surface area contributed by atoms with E-state index in [0.717, 1.165) is 32.5 Å². The van der Waals surface area contributed by atoms with Crippen molar-refractivity contribution in [2.75, 3.05) is 39.0 Å². The average molecular weight is 264 g/mol. The van der Waals surface area contributed by atoms with Gasteiger partial charge in [0, 0.05) is 18.7 Å². The summed E-state index contributed by atoms with van der Waals surface area (Å²) < 4.78 is 22.6. The standard InChI is InChI=1S/C11H25N2O3P/c1-3-15-17(14,4-2)16-10-9-13-7-5-11(12)6-8-13/h11H,3-10,12H2,1-2H3. The van der Waals surface area contributed by atoms with Crippen LogP contribution in [0, 0.1) is 0 Å². The highest BCUT2D eigenvalue weighted by Gasteiger charge is 2.22. The molecule has 0 aromatic heterocycles. The molecule has 1 aliphatic heterocycles. The molecule has 1 aliphatic rings. The number of piperidine rings is 1. The Kier molecular flexibility index (Phi) is 6.67. The zero-order chi connectivity index (χ0) is 12.7. The molecule has 2 N–H and O–H groups in total. The van der Waals surface area contributed by atoms with E-state index >= 15 is 0 Å². The maximum Gasteiger partial charge on any atom is 0.330 e. The van der Waals surface area contributed by atoms with Gasteiger partial charge in [-0.05, 0) is 32.9 Å². The molecule has 1 heterocycles. The van der Waals surface area contributed by atoms with Crippen LogP contribution in [-0.4, -0.2) is 50.0 Å². The first kappa shape index (κ1) is 15.1. The number of hydrogen-bond acceptors (Lipinski definition) is 5. The molecule has 1 fully saturated rings. The van der Waals surface area contributed by atoms with Gasteiger partial charge in [-0.25, -0.2) is 0 Å². The van der Waals surface area contributed by atoms with E-state index in [1.54, 1.807) is 0 Å². The van der Waals surface area contributed by atoms with Gasteiger partial charge in [-0.1, -0.05) is 6.92 Å². The highest BCUT2D eigenvalue weighted by Crippen LogP contribution is 2.47. The lowest BCUT2D eigenvalue weighted by Crippen LogP contribution is -2.40. The van der Waals surface area contributed by atoms with Crippen LogP contribution in [0.15, 0.2) is 0 Å². The number of nitrogens with zero attached hydrogens (tertiary/aromatic N) is 1. The van der Waals surface area contributed by atoms with Gasteiger partial charge in [-0.2, -0.15) is 0 Å². The maximum absolute atomic E-state index is 12.0. The van der Waals surface area contributed by atoms with E-state index in [9.17, 15) is 4.57 Å². The highest BCUT2D eigenvalue weighted by atomic mass is 31.2. The zero-order valence-corrected chi connectivity index (χ0v) is 11.8. The summed E-state index contributed by atoms with van der Waals surface area (Å²) in [5, 5.41) is 0. The maximum atomic E-state index is 12.0. The third-order valence-electron chi connectivity index (χ3n) is 3.04. The van der Waals surface area contributed by atoms with Crippen molar-refractivity contribution < 1.29 is 13.6 Å². The molecule has 0 radical (unpaired) electrons. The monoisotopic (exact) mass is 264 g/mol. The molecule has 1 saturated heterocycles. The van der Waals surface area contributed by atoms with Crippen LogP contribution in [0.5, 0.6) is 0 Å². The molecule has 5 nitrogen and oxygen atoms in total. The molecule has 17 heavy (non-hydrogen) atoms. The molecule has 0 aromatic carbocycles. The van der Waals surface area contributed by atoms with Gasteiger partial charge in [0.15, 0.2) is 0 Å². The molecule has 6 heteroatoms. The van der Waals surface area contributed by atoms with Gasteiger partial charge in [-0.15, -0.1) is 0 Å². The minimum absolute atomic E-state index is 0.345. The Morgan fingerprint density at radius 2 is 1.94 bits per heavy atom.